The summed E-state index contributed by atoms with van der Waals surface area (Å²) >= 11 is 0. The van der Waals surface area contributed by atoms with Crippen LogP contribution in [0.5, 0.6) is 5.75 Å². The molecule has 0 bridgehead atoms. The van der Waals surface area contributed by atoms with E-state index < -0.39 is 0 Å². The Morgan fingerprint density at radius 2 is 2.05 bits per heavy atom. The minimum Gasteiger partial charge on any atom is -0.492 e. The zero-order valence-corrected chi connectivity index (χ0v) is 10.3. The van der Waals surface area contributed by atoms with Gasteiger partial charge in [0.05, 0.1) is 17.0 Å². The molecular weight excluding hydrogens is 236 g/mol. The quantitative estimate of drug-likeness (QED) is 0.779. The van der Waals surface area contributed by atoms with E-state index in [-0.39, 0.29) is 5.41 Å². The Bertz CT molecular complexity index is 717. The molecule has 1 N–H and O–H groups in total. The smallest absolute Gasteiger partial charge is 0.124 e. The molecule has 0 amide bonds. The number of hydrogen-bond donors (Lipinski definition) is 1. The molecule has 4 rings (SSSR count). The third-order valence-electron chi connectivity index (χ3n) is 4.12. The van der Waals surface area contributed by atoms with Gasteiger partial charge in [0.25, 0.3) is 0 Å². The molecule has 1 unspecified atom stereocenters. The predicted octanol–water partition coefficient (Wildman–Crippen LogP) is 2.66. The van der Waals surface area contributed by atoms with Gasteiger partial charge in [0.15, 0.2) is 0 Å². The molecule has 1 spiro atoms. The molecule has 2 aromatic rings. The van der Waals surface area contributed by atoms with Crippen LogP contribution in [0.15, 0.2) is 42.5 Å². The molecule has 2 aliphatic rings. The van der Waals surface area contributed by atoms with Crippen molar-refractivity contribution in [1.29, 1.82) is 5.26 Å². The van der Waals surface area contributed by atoms with Crippen LogP contribution in [0.25, 0.3) is 0 Å². The van der Waals surface area contributed by atoms with Crippen LogP contribution in [0.2, 0.25) is 0 Å². The molecule has 0 aromatic heterocycles. The molecule has 0 fully saturated rings. The van der Waals surface area contributed by atoms with Crippen molar-refractivity contribution < 1.29 is 4.74 Å². The molecule has 0 radical (unpaired) electrons. The van der Waals surface area contributed by atoms with E-state index in [9.17, 15) is 0 Å². The van der Waals surface area contributed by atoms with Gasteiger partial charge < -0.3 is 10.1 Å². The van der Waals surface area contributed by atoms with E-state index in [2.05, 4.69) is 29.6 Å². The fourth-order valence-corrected chi connectivity index (χ4v) is 3.15. The summed E-state index contributed by atoms with van der Waals surface area (Å²) in [5.41, 5.74) is 4.21. The van der Waals surface area contributed by atoms with Crippen molar-refractivity contribution in [2.45, 2.75) is 5.41 Å². The summed E-state index contributed by atoms with van der Waals surface area (Å²) in [5.74, 6) is 0.845. The fourth-order valence-electron chi connectivity index (χ4n) is 3.15. The Balaban J connectivity index is 1.92. The number of fused-ring (bicyclic) bond motifs is 4. The maximum absolute atomic E-state index is 8.97. The van der Waals surface area contributed by atoms with Gasteiger partial charge in [0, 0.05) is 17.8 Å². The molecular formula is C16H12N2O. The van der Waals surface area contributed by atoms with Gasteiger partial charge in [-0.05, 0) is 23.8 Å². The lowest BCUT2D eigenvalue weighted by Crippen LogP contribution is -2.31. The SMILES string of the molecule is N#Cc1ccc2c(c1)OCC21CNc2ccccc21. The highest BCUT2D eigenvalue weighted by Crippen LogP contribution is 2.49. The molecule has 0 aliphatic carbocycles. The van der Waals surface area contributed by atoms with Gasteiger partial charge in [0.2, 0.25) is 0 Å². The van der Waals surface area contributed by atoms with Gasteiger partial charge in [-0.1, -0.05) is 24.3 Å². The van der Waals surface area contributed by atoms with E-state index >= 15 is 0 Å². The topological polar surface area (TPSA) is 45.0 Å². The first-order chi connectivity index (χ1) is 9.33. The zero-order chi connectivity index (χ0) is 12.9. The number of anilines is 1. The monoisotopic (exact) mass is 248 g/mol. The van der Waals surface area contributed by atoms with Crippen LogP contribution in [-0.4, -0.2) is 13.2 Å². The van der Waals surface area contributed by atoms with E-state index in [1.165, 1.54) is 16.8 Å². The fraction of sp³-hybridized carbons (Fsp3) is 0.188. The summed E-state index contributed by atoms with van der Waals surface area (Å²) < 4.78 is 5.84. The average molecular weight is 248 g/mol. The lowest BCUT2D eigenvalue weighted by atomic mass is 9.77. The van der Waals surface area contributed by atoms with Crippen molar-refractivity contribution in [2.75, 3.05) is 18.5 Å². The number of ether oxygens (including phenoxy) is 1. The van der Waals surface area contributed by atoms with Gasteiger partial charge in [-0.3, -0.25) is 0 Å². The Hall–Kier alpha value is -2.47. The molecule has 3 heteroatoms. The Labute approximate surface area is 111 Å². The number of benzene rings is 2. The summed E-state index contributed by atoms with van der Waals surface area (Å²) in [7, 11) is 0. The van der Waals surface area contributed by atoms with Gasteiger partial charge in [-0.25, -0.2) is 0 Å². The predicted molar refractivity (Wildman–Crippen MR) is 72.4 cm³/mol. The van der Waals surface area contributed by atoms with Crippen LogP contribution in [0.1, 0.15) is 16.7 Å². The summed E-state index contributed by atoms with van der Waals surface area (Å²) in [6.45, 7) is 1.49. The summed E-state index contributed by atoms with van der Waals surface area (Å²) in [4.78, 5) is 0. The molecule has 3 nitrogen and oxygen atoms in total. The first-order valence-corrected chi connectivity index (χ1v) is 6.34. The van der Waals surface area contributed by atoms with E-state index in [4.69, 9.17) is 10.00 Å². The minimum absolute atomic E-state index is 0.0973. The summed E-state index contributed by atoms with van der Waals surface area (Å²) in [6.07, 6.45) is 0. The summed E-state index contributed by atoms with van der Waals surface area (Å²) in [5, 5.41) is 12.4. The second-order valence-corrected chi connectivity index (χ2v) is 5.09. The van der Waals surface area contributed by atoms with Gasteiger partial charge in [0.1, 0.15) is 12.4 Å². The number of nitrogens with one attached hydrogen (secondary N) is 1. The number of rotatable bonds is 0. The zero-order valence-electron chi connectivity index (χ0n) is 10.3. The van der Waals surface area contributed by atoms with Crippen LogP contribution in [-0.2, 0) is 5.41 Å². The molecule has 0 saturated heterocycles. The van der Waals surface area contributed by atoms with Crippen molar-refractivity contribution in [3.05, 3.63) is 59.2 Å². The maximum atomic E-state index is 8.97. The highest BCUT2D eigenvalue weighted by Gasteiger charge is 2.46. The first-order valence-electron chi connectivity index (χ1n) is 6.34. The maximum Gasteiger partial charge on any atom is 0.124 e. The number of nitrogens with zero attached hydrogens (tertiary/aromatic N) is 1. The van der Waals surface area contributed by atoms with Crippen LogP contribution in [0.3, 0.4) is 0 Å². The van der Waals surface area contributed by atoms with Gasteiger partial charge in [-0.2, -0.15) is 5.26 Å². The molecule has 2 aromatic carbocycles. The Morgan fingerprint density at radius 3 is 2.95 bits per heavy atom. The first kappa shape index (κ1) is 10.5. The largest absolute Gasteiger partial charge is 0.492 e. The third kappa shape index (κ3) is 1.26. The average Bonchev–Trinajstić information content (AvgIpc) is 3.03. The van der Waals surface area contributed by atoms with Crippen LogP contribution >= 0.6 is 0 Å². The van der Waals surface area contributed by atoms with Crippen molar-refractivity contribution in [1.82, 2.24) is 0 Å². The Morgan fingerprint density at radius 1 is 1.16 bits per heavy atom. The lowest BCUT2D eigenvalue weighted by molar-refractivity contribution is 0.302. The Kier molecular flexibility index (Phi) is 1.94. The molecule has 1 atom stereocenters. The van der Waals surface area contributed by atoms with Gasteiger partial charge >= 0.3 is 0 Å². The lowest BCUT2D eigenvalue weighted by Gasteiger charge is -2.21. The summed E-state index contributed by atoms with van der Waals surface area (Å²) in [6, 6.07) is 16.3. The van der Waals surface area contributed by atoms with Crippen LogP contribution in [0, 0.1) is 11.3 Å². The molecule has 0 saturated carbocycles. The van der Waals surface area contributed by atoms with Crippen LogP contribution < -0.4 is 10.1 Å². The van der Waals surface area contributed by atoms with Crippen molar-refractivity contribution >= 4 is 5.69 Å². The van der Waals surface area contributed by atoms with Crippen molar-refractivity contribution in [3.63, 3.8) is 0 Å². The minimum atomic E-state index is -0.0973. The highest BCUT2D eigenvalue weighted by atomic mass is 16.5. The molecule has 92 valence electrons. The standard InChI is InChI=1S/C16H12N2O/c17-8-11-5-6-13-15(7-11)19-10-16(13)9-18-14-4-2-1-3-12(14)16/h1-7,18H,9-10H2. The normalized spacial score (nSPS) is 22.3. The van der Waals surface area contributed by atoms with Gasteiger partial charge in [-0.15, -0.1) is 0 Å². The number of nitriles is 1. The van der Waals surface area contributed by atoms with E-state index in [0.29, 0.717) is 12.2 Å². The second kappa shape index (κ2) is 3.52. The van der Waals surface area contributed by atoms with E-state index in [0.717, 1.165) is 12.3 Å². The molecule has 2 aliphatic heterocycles. The van der Waals surface area contributed by atoms with E-state index in [1.807, 2.05) is 24.3 Å². The van der Waals surface area contributed by atoms with Crippen molar-refractivity contribution in [2.24, 2.45) is 0 Å². The van der Waals surface area contributed by atoms with Crippen molar-refractivity contribution in [3.8, 4) is 11.8 Å². The third-order valence-corrected chi connectivity index (χ3v) is 4.12. The molecule has 2 heterocycles. The highest BCUT2D eigenvalue weighted by molar-refractivity contribution is 5.67. The number of para-hydroxylation sites is 1. The second-order valence-electron chi connectivity index (χ2n) is 5.09. The van der Waals surface area contributed by atoms with E-state index in [1.54, 1.807) is 0 Å². The van der Waals surface area contributed by atoms with Crippen LogP contribution in [0.4, 0.5) is 5.69 Å². The molecule has 19 heavy (non-hydrogen) atoms. The number of hydrogen-bond acceptors (Lipinski definition) is 3.